The smallest absolute Gasteiger partial charge is 0.00425 e. The maximum absolute atomic E-state index is 5.20. The Hall–Kier alpha value is -0.760. The summed E-state index contributed by atoms with van der Waals surface area (Å²) in [5.41, 5.74) is 10.3. The molecule has 0 unspecified atom stereocenters. The van der Waals surface area contributed by atoms with Gasteiger partial charge in [-0.25, -0.2) is 0 Å². The Morgan fingerprint density at radius 3 is 2.50 bits per heavy atom. The van der Waals surface area contributed by atoms with Crippen molar-refractivity contribution < 1.29 is 0 Å². The lowest BCUT2D eigenvalue weighted by Crippen LogP contribution is -1.94. The summed E-state index contributed by atoms with van der Waals surface area (Å²) in [5.74, 6) is 0. The van der Waals surface area contributed by atoms with E-state index in [-0.39, 0.29) is 0 Å². The summed E-state index contributed by atoms with van der Waals surface area (Å²) < 4.78 is 0. The first kappa shape index (κ1) is 7.24. The van der Waals surface area contributed by atoms with Crippen LogP contribution in [0.3, 0.4) is 0 Å². The molecule has 0 amide bonds. The van der Waals surface area contributed by atoms with Crippen molar-refractivity contribution in [1.29, 1.82) is 0 Å². The lowest BCUT2D eigenvalue weighted by atomic mass is 10.4. The van der Waals surface area contributed by atoms with Gasteiger partial charge in [0.05, 0.1) is 0 Å². The highest BCUT2D eigenvalue weighted by Crippen LogP contribution is 1.78. The van der Waals surface area contributed by atoms with Crippen LogP contribution in [0.5, 0.6) is 0 Å². The molecule has 0 spiro atoms. The SMILES string of the molecule is N/C=C/C=C\CCN. The van der Waals surface area contributed by atoms with Crippen LogP contribution in [0, 0.1) is 0 Å². The summed E-state index contributed by atoms with van der Waals surface area (Å²) in [6.07, 6.45) is 8.04. The molecule has 8 heavy (non-hydrogen) atoms. The Bertz CT molecular complexity index is 84.5. The van der Waals surface area contributed by atoms with Crippen LogP contribution in [0.1, 0.15) is 6.42 Å². The summed E-state index contributed by atoms with van der Waals surface area (Å²) in [4.78, 5) is 0. The van der Waals surface area contributed by atoms with Gasteiger partial charge in [-0.3, -0.25) is 0 Å². The molecule has 0 aromatic carbocycles. The van der Waals surface area contributed by atoms with Crippen molar-refractivity contribution in [3.8, 4) is 0 Å². The number of hydrogen-bond acceptors (Lipinski definition) is 2. The minimum absolute atomic E-state index is 0.703. The van der Waals surface area contributed by atoms with Crippen LogP contribution < -0.4 is 11.5 Å². The molecule has 0 saturated heterocycles. The summed E-state index contributed by atoms with van der Waals surface area (Å²) in [6, 6.07) is 0. The second-order valence-electron chi connectivity index (χ2n) is 1.39. The van der Waals surface area contributed by atoms with Gasteiger partial charge in [-0.2, -0.15) is 0 Å². The topological polar surface area (TPSA) is 52.0 Å². The minimum Gasteiger partial charge on any atom is -0.405 e. The van der Waals surface area contributed by atoms with Crippen molar-refractivity contribution in [3.05, 3.63) is 24.4 Å². The second kappa shape index (κ2) is 6.24. The molecule has 0 aliphatic carbocycles. The molecule has 2 heteroatoms. The van der Waals surface area contributed by atoms with Gasteiger partial charge in [-0.05, 0) is 25.2 Å². The normalized spacial score (nSPS) is 11.6. The molecule has 0 saturated carbocycles. The molecule has 0 aliphatic heterocycles. The van der Waals surface area contributed by atoms with Gasteiger partial charge in [0.1, 0.15) is 0 Å². The Kier molecular flexibility index (Phi) is 5.65. The third-order valence-electron chi connectivity index (χ3n) is 0.692. The van der Waals surface area contributed by atoms with Crippen molar-refractivity contribution in [2.45, 2.75) is 6.42 Å². The standard InChI is InChI=1S/C6H12N2/c7-5-3-1-2-4-6-8/h1-3,5H,4,6-8H2/b2-1-,5-3+. The first-order valence-corrected chi connectivity index (χ1v) is 2.65. The van der Waals surface area contributed by atoms with E-state index in [1.807, 2.05) is 12.2 Å². The molecule has 0 rings (SSSR count). The van der Waals surface area contributed by atoms with E-state index in [1.54, 1.807) is 6.08 Å². The Morgan fingerprint density at radius 2 is 2.00 bits per heavy atom. The maximum Gasteiger partial charge on any atom is -0.00425 e. The number of nitrogens with two attached hydrogens (primary N) is 2. The van der Waals surface area contributed by atoms with E-state index < -0.39 is 0 Å². The molecule has 0 bridgehead atoms. The van der Waals surface area contributed by atoms with Gasteiger partial charge in [-0.1, -0.05) is 12.2 Å². The van der Waals surface area contributed by atoms with E-state index in [0.29, 0.717) is 6.54 Å². The fourth-order valence-electron chi connectivity index (χ4n) is 0.335. The van der Waals surface area contributed by atoms with Gasteiger partial charge in [0, 0.05) is 0 Å². The van der Waals surface area contributed by atoms with Crippen LogP contribution in [0.4, 0.5) is 0 Å². The largest absolute Gasteiger partial charge is 0.405 e. The highest BCUT2D eigenvalue weighted by molar-refractivity contribution is 5.00. The number of rotatable bonds is 3. The van der Waals surface area contributed by atoms with Gasteiger partial charge >= 0.3 is 0 Å². The monoisotopic (exact) mass is 112 g/mol. The van der Waals surface area contributed by atoms with Gasteiger partial charge in [0.2, 0.25) is 0 Å². The average Bonchev–Trinajstić information content (AvgIpc) is 1.81. The van der Waals surface area contributed by atoms with Gasteiger partial charge < -0.3 is 11.5 Å². The Labute approximate surface area is 49.9 Å². The molecule has 0 aromatic heterocycles. The van der Waals surface area contributed by atoms with E-state index in [2.05, 4.69) is 0 Å². The van der Waals surface area contributed by atoms with Crippen LogP contribution in [0.15, 0.2) is 24.4 Å². The first-order valence-electron chi connectivity index (χ1n) is 2.65. The van der Waals surface area contributed by atoms with Crippen molar-refractivity contribution in [2.24, 2.45) is 11.5 Å². The number of hydrogen-bond donors (Lipinski definition) is 2. The van der Waals surface area contributed by atoms with Crippen molar-refractivity contribution in [3.63, 3.8) is 0 Å². The predicted molar refractivity (Wildman–Crippen MR) is 36.1 cm³/mol. The molecule has 0 aliphatic rings. The van der Waals surface area contributed by atoms with E-state index in [1.165, 1.54) is 6.20 Å². The van der Waals surface area contributed by atoms with E-state index in [4.69, 9.17) is 11.5 Å². The zero-order valence-electron chi connectivity index (χ0n) is 4.88. The summed E-state index contributed by atoms with van der Waals surface area (Å²) in [5, 5.41) is 0. The van der Waals surface area contributed by atoms with Crippen molar-refractivity contribution in [2.75, 3.05) is 6.54 Å². The molecular formula is C6H12N2. The molecular weight excluding hydrogens is 100 g/mol. The molecule has 0 aromatic rings. The molecule has 0 heterocycles. The highest BCUT2D eigenvalue weighted by atomic mass is 14.5. The zero-order valence-corrected chi connectivity index (χ0v) is 4.88. The third-order valence-corrected chi connectivity index (χ3v) is 0.692. The van der Waals surface area contributed by atoms with Gasteiger partial charge in [0.15, 0.2) is 0 Å². The molecule has 4 N–H and O–H groups in total. The molecule has 2 nitrogen and oxygen atoms in total. The van der Waals surface area contributed by atoms with E-state index in [0.717, 1.165) is 6.42 Å². The summed E-state index contributed by atoms with van der Waals surface area (Å²) in [6.45, 7) is 0.703. The molecule has 0 radical (unpaired) electrons. The number of allylic oxidation sites excluding steroid dienone is 2. The molecule has 0 atom stereocenters. The second-order valence-corrected chi connectivity index (χ2v) is 1.39. The first-order chi connectivity index (χ1) is 3.91. The van der Waals surface area contributed by atoms with E-state index in [9.17, 15) is 0 Å². The quantitative estimate of drug-likeness (QED) is 0.518. The Morgan fingerprint density at radius 1 is 1.25 bits per heavy atom. The maximum atomic E-state index is 5.20. The van der Waals surface area contributed by atoms with Gasteiger partial charge in [0.25, 0.3) is 0 Å². The fraction of sp³-hybridized carbons (Fsp3) is 0.333. The summed E-state index contributed by atoms with van der Waals surface area (Å²) in [7, 11) is 0. The van der Waals surface area contributed by atoms with Crippen LogP contribution in [0.25, 0.3) is 0 Å². The van der Waals surface area contributed by atoms with Crippen LogP contribution >= 0.6 is 0 Å². The zero-order chi connectivity index (χ0) is 6.24. The minimum atomic E-state index is 0.703. The molecule has 0 fully saturated rings. The van der Waals surface area contributed by atoms with Crippen molar-refractivity contribution >= 4 is 0 Å². The van der Waals surface area contributed by atoms with E-state index >= 15 is 0 Å². The lowest BCUT2D eigenvalue weighted by molar-refractivity contribution is 1.01. The fourth-order valence-corrected chi connectivity index (χ4v) is 0.335. The average molecular weight is 112 g/mol. The van der Waals surface area contributed by atoms with Crippen LogP contribution in [-0.4, -0.2) is 6.54 Å². The van der Waals surface area contributed by atoms with Crippen molar-refractivity contribution in [1.82, 2.24) is 0 Å². The third kappa shape index (κ3) is 5.24. The predicted octanol–water partition coefficient (Wildman–Crippen LogP) is 0.364. The Balaban J connectivity index is 3.07. The van der Waals surface area contributed by atoms with Gasteiger partial charge in [-0.15, -0.1) is 0 Å². The van der Waals surface area contributed by atoms with Crippen LogP contribution in [-0.2, 0) is 0 Å². The van der Waals surface area contributed by atoms with Crippen LogP contribution in [0.2, 0.25) is 0 Å². The highest BCUT2D eigenvalue weighted by Gasteiger charge is 1.66. The molecule has 46 valence electrons. The lowest BCUT2D eigenvalue weighted by Gasteiger charge is -1.79. The summed E-state index contributed by atoms with van der Waals surface area (Å²) >= 11 is 0.